The van der Waals surface area contributed by atoms with Crippen LogP contribution in [-0.4, -0.2) is 60.0 Å². The highest BCUT2D eigenvalue weighted by Crippen LogP contribution is 2.45. The molecule has 2 aliphatic heterocycles. The largest absolute Gasteiger partial charge is 0.493 e. The number of carbonyl (C=O) groups is 1. The number of aromatic nitrogens is 1. The fourth-order valence-electron chi connectivity index (χ4n) is 5.37. The van der Waals surface area contributed by atoms with E-state index in [1.807, 2.05) is 32.9 Å². The minimum absolute atomic E-state index is 0.0465. The second kappa shape index (κ2) is 10.6. The van der Waals surface area contributed by atoms with Gasteiger partial charge in [0.15, 0.2) is 0 Å². The Morgan fingerprint density at radius 1 is 0.944 bits per heavy atom. The SMILES string of the molecule is Cc1ccc(OCCCCCN2CCN(Cc3ccc4ccccc4n3)CC2)c2c1NC(=O)C2(C)C. The van der Waals surface area contributed by atoms with Crippen LogP contribution < -0.4 is 10.1 Å². The lowest BCUT2D eigenvalue weighted by atomic mass is 9.85. The lowest BCUT2D eigenvalue weighted by Gasteiger charge is -2.34. The van der Waals surface area contributed by atoms with E-state index < -0.39 is 5.41 Å². The molecular formula is C30H38N4O2. The number of benzene rings is 2. The summed E-state index contributed by atoms with van der Waals surface area (Å²) >= 11 is 0. The fraction of sp³-hybridized carbons (Fsp3) is 0.467. The minimum atomic E-state index is -0.552. The number of aryl methyl sites for hydroxylation is 1. The van der Waals surface area contributed by atoms with Crippen molar-refractivity contribution in [1.29, 1.82) is 0 Å². The van der Waals surface area contributed by atoms with E-state index in [1.54, 1.807) is 0 Å². The molecule has 0 unspecified atom stereocenters. The van der Waals surface area contributed by atoms with Gasteiger partial charge in [-0.3, -0.25) is 14.7 Å². The summed E-state index contributed by atoms with van der Waals surface area (Å²) in [5.74, 6) is 0.890. The zero-order valence-corrected chi connectivity index (χ0v) is 21.8. The van der Waals surface area contributed by atoms with Gasteiger partial charge >= 0.3 is 0 Å². The van der Waals surface area contributed by atoms with Gasteiger partial charge < -0.3 is 15.0 Å². The number of hydrogen-bond donors (Lipinski definition) is 1. The first-order valence-electron chi connectivity index (χ1n) is 13.3. The number of piperazine rings is 1. The monoisotopic (exact) mass is 486 g/mol. The van der Waals surface area contributed by atoms with Gasteiger partial charge in [0.1, 0.15) is 5.75 Å². The maximum Gasteiger partial charge on any atom is 0.234 e. The van der Waals surface area contributed by atoms with E-state index in [4.69, 9.17) is 9.72 Å². The van der Waals surface area contributed by atoms with Gasteiger partial charge in [-0.2, -0.15) is 0 Å². The van der Waals surface area contributed by atoms with Gasteiger partial charge in [-0.05, 0) is 70.3 Å². The summed E-state index contributed by atoms with van der Waals surface area (Å²) in [6.45, 7) is 13.2. The van der Waals surface area contributed by atoms with Crippen LogP contribution in [0.2, 0.25) is 0 Å². The van der Waals surface area contributed by atoms with Crippen LogP contribution in [0.25, 0.3) is 10.9 Å². The molecule has 5 rings (SSSR count). The minimum Gasteiger partial charge on any atom is -0.493 e. The quantitative estimate of drug-likeness (QED) is 0.425. The summed E-state index contributed by atoms with van der Waals surface area (Å²) in [7, 11) is 0. The molecule has 3 aromatic rings. The Labute approximate surface area is 214 Å². The third-order valence-corrected chi connectivity index (χ3v) is 7.69. The van der Waals surface area contributed by atoms with Gasteiger partial charge in [-0.15, -0.1) is 0 Å². The molecule has 2 aromatic carbocycles. The van der Waals surface area contributed by atoms with Gasteiger partial charge in [0, 0.05) is 43.7 Å². The number of amides is 1. The highest BCUT2D eigenvalue weighted by Gasteiger charge is 2.41. The molecule has 36 heavy (non-hydrogen) atoms. The summed E-state index contributed by atoms with van der Waals surface area (Å²) in [6.07, 6.45) is 3.36. The Balaban J connectivity index is 1.01. The third kappa shape index (κ3) is 5.25. The number of nitrogens with zero attached hydrogens (tertiary/aromatic N) is 3. The molecule has 0 saturated carbocycles. The summed E-state index contributed by atoms with van der Waals surface area (Å²) in [5, 5.41) is 4.24. The summed E-state index contributed by atoms with van der Waals surface area (Å²) in [6, 6.07) is 16.7. The molecule has 0 bridgehead atoms. The molecule has 1 amide bonds. The summed E-state index contributed by atoms with van der Waals surface area (Å²) in [4.78, 5) is 22.3. The summed E-state index contributed by atoms with van der Waals surface area (Å²) < 4.78 is 6.16. The molecule has 1 fully saturated rings. The maximum absolute atomic E-state index is 12.4. The van der Waals surface area contributed by atoms with Gasteiger partial charge in [0.05, 0.1) is 28.9 Å². The number of anilines is 1. The second-order valence-corrected chi connectivity index (χ2v) is 10.7. The topological polar surface area (TPSA) is 57.7 Å². The van der Waals surface area contributed by atoms with Crippen LogP contribution in [0.5, 0.6) is 5.75 Å². The molecule has 3 heterocycles. The molecular weight excluding hydrogens is 448 g/mol. The van der Waals surface area contributed by atoms with Crippen molar-refractivity contribution in [2.75, 3.05) is 44.6 Å². The molecule has 2 aliphatic rings. The molecule has 190 valence electrons. The number of unbranched alkanes of at least 4 members (excludes halogenated alkanes) is 2. The molecule has 0 spiro atoms. The van der Waals surface area contributed by atoms with Crippen molar-refractivity contribution in [3.05, 3.63) is 65.4 Å². The van der Waals surface area contributed by atoms with E-state index in [9.17, 15) is 4.79 Å². The highest BCUT2D eigenvalue weighted by molar-refractivity contribution is 6.07. The molecule has 0 atom stereocenters. The van der Waals surface area contributed by atoms with E-state index in [2.05, 4.69) is 51.5 Å². The van der Waals surface area contributed by atoms with Gasteiger partial charge in [0.25, 0.3) is 0 Å². The van der Waals surface area contributed by atoms with E-state index in [0.717, 1.165) is 85.9 Å². The average Bonchev–Trinajstić information content (AvgIpc) is 3.13. The Bertz CT molecular complexity index is 1230. The molecule has 0 radical (unpaired) electrons. The Kier molecular flexibility index (Phi) is 7.26. The first-order valence-corrected chi connectivity index (χ1v) is 13.3. The number of fused-ring (bicyclic) bond motifs is 2. The number of pyridine rings is 1. The maximum atomic E-state index is 12.4. The highest BCUT2D eigenvalue weighted by atomic mass is 16.5. The van der Waals surface area contributed by atoms with Crippen LogP contribution in [-0.2, 0) is 16.8 Å². The zero-order chi connectivity index (χ0) is 25.1. The predicted octanol–water partition coefficient (Wildman–Crippen LogP) is 5.14. The number of para-hydroxylation sites is 1. The average molecular weight is 487 g/mol. The van der Waals surface area contributed by atoms with E-state index in [0.29, 0.717) is 6.61 Å². The Morgan fingerprint density at radius 2 is 1.72 bits per heavy atom. The molecule has 0 aliphatic carbocycles. The van der Waals surface area contributed by atoms with Crippen LogP contribution in [0, 0.1) is 6.92 Å². The van der Waals surface area contributed by atoms with E-state index in [1.165, 1.54) is 11.8 Å². The van der Waals surface area contributed by atoms with Crippen molar-refractivity contribution in [3.63, 3.8) is 0 Å². The van der Waals surface area contributed by atoms with Crippen molar-refractivity contribution in [2.24, 2.45) is 0 Å². The van der Waals surface area contributed by atoms with Crippen LogP contribution in [0.4, 0.5) is 5.69 Å². The van der Waals surface area contributed by atoms with Crippen molar-refractivity contribution < 1.29 is 9.53 Å². The van der Waals surface area contributed by atoms with Gasteiger partial charge in [-0.25, -0.2) is 0 Å². The van der Waals surface area contributed by atoms with Crippen molar-refractivity contribution in [3.8, 4) is 5.75 Å². The van der Waals surface area contributed by atoms with E-state index >= 15 is 0 Å². The molecule has 6 heteroatoms. The third-order valence-electron chi connectivity index (χ3n) is 7.69. The van der Waals surface area contributed by atoms with Gasteiger partial charge in [0.2, 0.25) is 5.91 Å². The fourth-order valence-corrected chi connectivity index (χ4v) is 5.37. The number of carbonyl (C=O) groups excluding carboxylic acids is 1. The zero-order valence-electron chi connectivity index (χ0n) is 21.8. The Hall–Kier alpha value is -2.96. The van der Waals surface area contributed by atoms with Crippen LogP contribution in [0.15, 0.2) is 48.5 Å². The second-order valence-electron chi connectivity index (χ2n) is 10.7. The standard InChI is InChI=1S/C30H38N4O2/c1-22-11-14-26(27-28(22)32-29(35)30(27,2)3)36-20-8-4-7-15-33-16-18-34(19-17-33)21-24-13-12-23-9-5-6-10-25(23)31-24/h5-6,9-14H,4,7-8,15-21H2,1-3H3,(H,32,35). The van der Waals surface area contributed by atoms with Gasteiger partial charge in [-0.1, -0.05) is 30.3 Å². The Morgan fingerprint density at radius 3 is 2.56 bits per heavy atom. The molecule has 6 nitrogen and oxygen atoms in total. The van der Waals surface area contributed by atoms with Crippen LogP contribution >= 0.6 is 0 Å². The first kappa shape index (κ1) is 24.7. The number of rotatable bonds is 9. The lowest BCUT2D eigenvalue weighted by molar-refractivity contribution is -0.119. The first-order chi connectivity index (χ1) is 17.4. The predicted molar refractivity (Wildman–Crippen MR) is 146 cm³/mol. The molecule has 1 aromatic heterocycles. The molecule has 1 saturated heterocycles. The molecule has 1 N–H and O–H groups in total. The van der Waals surface area contributed by atoms with Crippen LogP contribution in [0.1, 0.15) is 49.9 Å². The smallest absolute Gasteiger partial charge is 0.234 e. The number of hydrogen-bond acceptors (Lipinski definition) is 5. The van der Waals surface area contributed by atoms with Crippen molar-refractivity contribution in [2.45, 2.75) is 52.0 Å². The number of nitrogens with one attached hydrogen (secondary N) is 1. The number of ether oxygens (including phenoxy) is 1. The normalized spacial score (nSPS) is 17.8. The lowest BCUT2D eigenvalue weighted by Crippen LogP contribution is -2.46. The van der Waals surface area contributed by atoms with Crippen LogP contribution in [0.3, 0.4) is 0 Å². The van der Waals surface area contributed by atoms with Crippen molar-refractivity contribution >= 4 is 22.5 Å². The summed E-state index contributed by atoms with van der Waals surface area (Å²) in [5.41, 5.74) is 4.71. The van der Waals surface area contributed by atoms with E-state index in [-0.39, 0.29) is 5.91 Å². The van der Waals surface area contributed by atoms with Crippen molar-refractivity contribution in [1.82, 2.24) is 14.8 Å².